The van der Waals surface area contributed by atoms with Gasteiger partial charge >= 0.3 is 11.9 Å². The van der Waals surface area contributed by atoms with Gasteiger partial charge in [-0.2, -0.15) is 0 Å². The lowest BCUT2D eigenvalue weighted by Crippen LogP contribution is -2.28. The van der Waals surface area contributed by atoms with E-state index in [-0.39, 0.29) is 6.61 Å². The highest BCUT2D eigenvalue weighted by molar-refractivity contribution is 7.82. The van der Waals surface area contributed by atoms with Gasteiger partial charge in [-0.3, -0.25) is 0 Å². The predicted molar refractivity (Wildman–Crippen MR) is 55.5 cm³/mol. The predicted octanol–water partition coefficient (Wildman–Crippen LogP) is 0.553. The molecule has 7 heteroatoms. The number of hydrogen-bond acceptors (Lipinski definition) is 6. The molecule has 2 atom stereocenters. The normalized spacial score (nSPS) is 14.5. The van der Waals surface area contributed by atoms with E-state index >= 15 is 0 Å². The van der Waals surface area contributed by atoms with Crippen LogP contribution in [0.2, 0.25) is 0 Å². The van der Waals surface area contributed by atoms with E-state index in [1.807, 2.05) is 6.92 Å². The standard InChI is InChI=1S/C7H12O5S2/c1-2-3-11-5(10)7(14)12-6(13)4(8)9/h6-7,13-14H,2-3H2,1H3,(H,8,9). The van der Waals surface area contributed by atoms with Crippen molar-refractivity contribution in [1.82, 2.24) is 0 Å². The van der Waals surface area contributed by atoms with Crippen molar-refractivity contribution in [3.05, 3.63) is 0 Å². The van der Waals surface area contributed by atoms with Gasteiger partial charge < -0.3 is 14.6 Å². The fraction of sp³-hybridized carbons (Fsp3) is 0.714. The molecule has 82 valence electrons. The highest BCUT2D eigenvalue weighted by atomic mass is 32.1. The lowest BCUT2D eigenvalue weighted by Gasteiger charge is -2.13. The van der Waals surface area contributed by atoms with Crippen LogP contribution in [0.4, 0.5) is 0 Å². The average Bonchev–Trinajstić information content (AvgIpc) is 2.13. The minimum absolute atomic E-state index is 0.254. The van der Waals surface area contributed by atoms with Crippen molar-refractivity contribution in [1.29, 1.82) is 0 Å². The van der Waals surface area contributed by atoms with Crippen LogP contribution in [0.3, 0.4) is 0 Å². The van der Waals surface area contributed by atoms with Gasteiger partial charge in [0.15, 0.2) is 10.9 Å². The van der Waals surface area contributed by atoms with E-state index in [2.05, 4.69) is 34.7 Å². The molecule has 0 rings (SSSR count). The molecule has 0 radical (unpaired) electrons. The largest absolute Gasteiger partial charge is 0.479 e. The molecule has 0 heterocycles. The average molecular weight is 240 g/mol. The number of carbonyl (C=O) groups excluding carboxylic acids is 1. The summed E-state index contributed by atoms with van der Waals surface area (Å²) in [5, 5.41) is 8.40. The Morgan fingerprint density at radius 1 is 1.36 bits per heavy atom. The van der Waals surface area contributed by atoms with Gasteiger partial charge in [-0.05, 0) is 6.42 Å². The van der Waals surface area contributed by atoms with Crippen molar-refractivity contribution < 1.29 is 24.2 Å². The van der Waals surface area contributed by atoms with Crippen molar-refractivity contribution in [2.75, 3.05) is 6.61 Å². The summed E-state index contributed by atoms with van der Waals surface area (Å²) in [6, 6.07) is 0. The molecule has 0 aliphatic carbocycles. The Balaban J connectivity index is 3.88. The zero-order valence-electron chi connectivity index (χ0n) is 7.54. The summed E-state index contributed by atoms with van der Waals surface area (Å²) in [5.74, 6) is -1.99. The first-order valence-electron chi connectivity index (χ1n) is 3.90. The molecule has 0 aromatic rings. The van der Waals surface area contributed by atoms with E-state index in [4.69, 9.17) is 5.11 Å². The minimum Gasteiger partial charge on any atom is -0.479 e. The van der Waals surface area contributed by atoms with Gasteiger partial charge in [0.05, 0.1) is 6.61 Å². The summed E-state index contributed by atoms with van der Waals surface area (Å²) in [7, 11) is 0. The maximum atomic E-state index is 11.0. The summed E-state index contributed by atoms with van der Waals surface area (Å²) in [4.78, 5) is 21.3. The van der Waals surface area contributed by atoms with E-state index in [0.717, 1.165) is 0 Å². The van der Waals surface area contributed by atoms with Crippen LogP contribution in [0.1, 0.15) is 13.3 Å². The third-order valence-corrected chi connectivity index (χ3v) is 1.79. The number of hydrogen-bond donors (Lipinski definition) is 3. The number of ether oxygens (including phenoxy) is 2. The molecule has 0 fully saturated rings. The molecule has 0 saturated carbocycles. The second-order valence-electron chi connectivity index (χ2n) is 2.35. The smallest absolute Gasteiger partial charge is 0.345 e. The minimum atomic E-state index is -1.38. The molecule has 0 aromatic carbocycles. The van der Waals surface area contributed by atoms with Gasteiger partial charge in [0.25, 0.3) is 0 Å². The molecular formula is C7H12O5S2. The number of carboxylic acid groups (broad SMARTS) is 1. The Labute approximate surface area is 92.6 Å². The van der Waals surface area contributed by atoms with Crippen LogP contribution in [-0.4, -0.2) is 34.5 Å². The van der Waals surface area contributed by atoms with Crippen LogP contribution < -0.4 is 0 Å². The van der Waals surface area contributed by atoms with Crippen LogP contribution >= 0.6 is 25.3 Å². The number of esters is 1. The lowest BCUT2D eigenvalue weighted by molar-refractivity contribution is -0.156. The Hall–Kier alpha value is -0.400. The van der Waals surface area contributed by atoms with Crippen molar-refractivity contribution in [3.63, 3.8) is 0 Å². The Bertz CT molecular complexity index is 208. The van der Waals surface area contributed by atoms with Crippen molar-refractivity contribution in [2.24, 2.45) is 0 Å². The summed E-state index contributed by atoms with van der Waals surface area (Å²) in [6.07, 6.45) is 0.676. The lowest BCUT2D eigenvalue weighted by atomic mass is 10.5. The van der Waals surface area contributed by atoms with E-state index in [1.165, 1.54) is 0 Å². The molecular weight excluding hydrogens is 228 g/mol. The van der Waals surface area contributed by atoms with Crippen LogP contribution in [0, 0.1) is 0 Å². The van der Waals surface area contributed by atoms with Crippen LogP contribution in [-0.2, 0) is 19.1 Å². The molecule has 0 bridgehead atoms. The highest BCUT2D eigenvalue weighted by Crippen LogP contribution is 2.08. The van der Waals surface area contributed by atoms with Crippen LogP contribution in [0.5, 0.6) is 0 Å². The second-order valence-corrected chi connectivity index (χ2v) is 3.28. The fourth-order valence-electron chi connectivity index (χ4n) is 0.510. The van der Waals surface area contributed by atoms with Gasteiger partial charge in [0.2, 0.25) is 0 Å². The molecule has 14 heavy (non-hydrogen) atoms. The van der Waals surface area contributed by atoms with Gasteiger partial charge in [-0.15, -0.1) is 25.3 Å². The van der Waals surface area contributed by atoms with Crippen molar-refractivity contribution >= 4 is 37.2 Å². The summed E-state index contributed by atoms with van der Waals surface area (Å²) in [5.41, 5.74) is -2.60. The monoisotopic (exact) mass is 240 g/mol. The molecule has 2 unspecified atom stereocenters. The summed E-state index contributed by atoms with van der Waals surface area (Å²) >= 11 is 7.29. The van der Waals surface area contributed by atoms with E-state index in [1.54, 1.807) is 0 Å². The molecule has 5 nitrogen and oxygen atoms in total. The highest BCUT2D eigenvalue weighted by Gasteiger charge is 2.23. The Morgan fingerprint density at radius 2 is 1.93 bits per heavy atom. The number of carboxylic acids is 1. The van der Waals surface area contributed by atoms with Gasteiger partial charge in [-0.25, -0.2) is 9.59 Å². The maximum Gasteiger partial charge on any atom is 0.345 e. The van der Waals surface area contributed by atoms with Crippen molar-refractivity contribution in [2.45, 2.75) is 24.2 Å². The van der Waals surface area contributed by atoms with E-state index in [0.29, 0.717) is 6.42 Å². The number of thiol groups is 2. The zero-order valence-corrected chi connectivity index (χ0v) is 9.33. The van der Waals surface area contributed by atoms with E-state index in [9.17, 15) is 9.59 Å². The number of rotatable bonds is 6. The number of aliphatic carboxylic acids is 1. The van der Waals surface area contributed by atoms with Gasteiger partial charge in [0, 0.05) is 0 Å². The summed E-state index contributed by atoms with van der Waals surface area (Å²) in [6.45, 7) is 2.09. The summed E-state index contributed by atoms with van der Waals surface area (Å²) < 4.78 is 9.29. The maximum absolute atomic E-state index is 11.0. The molecule has 0 saturated heterocycles. The fourth-order valence-corrected chi connectivity index (χ4v) is 0.924. The molecule has 0 aliphatic rings. The molecule has 0 aromatic heterocycles. The molecule has 1 N–H and O–H groups in total. The van der Waals surface area contributed by atoms with Gasteiger partial charge in [-0.1, -0.05) is 6.92 Å². The first kappa shape index (κ1) is 13.6. The third kappa shape index (κ3) is 5.36. The van der Waals surface area contributed by atoms with Gasteiger partial charge in [0.1, 0.15) is 0 Å². The number of carbonyl (C=O) groups is 2. The molecule has 0 aliphatic heterocycles. The van der Waals surface area contributed by atoms with Crippen LogP contribution in [0.15, 0.2) is 0 Å². The quantitative estimate of drug-likeness (QED) is 0.359. The Kier molecular flexibility index (Phi) is 6.77. The molecule has 0 amide bonds. The first-order valence-corrected chi connectivity index (χ1v) is 4.93. The third-order valence-electron chi connectivity index (χ3n) is 1.12. The Morgan fingerprint density at radius 3 is 2.36 bits per heavy atom. The van der Waals surface area contributed by atoms with E-state index < -0.39 is 22.8 Å². The first-order chi connectivity index (χ1) is 6.49. The van der Waals surface area contributed by atoms with Crippen LogP contribution in [0.25, 0.3) is 0 Å². The topological polar surface area (TPSA) is 72.8 Å². The molecule has 0 spiro atoms. The zero-order chi connectivity index (χ0) is 11.1. The second kappa shape index (κ2) is 6.97. The van der Waals surface area contributed by atoms with Crippen molar-refractivity contribution in [3.8, 4) is 0 Å². The SMILES string of the molecule is CCCOC(=O)C(S)OC(S)C(=O)O.